The maximum Gasteiger partial charge on any atom is 0.243 e. The van der Waals surface area contributed by atoms with Gasteiger partial charge in [-0.3, -0.25) is 48.5 Å². The van der Waals surface area contributed by atoms with Crippen molar-refractivity contribution in [1.29, 1.82) is 0 Å². The Bertz CT molecular complexity index is 2700. The van der Waals surface area contributed by atoms with E-state index in [1.54, 1.807) is 54.7 Å². The van der Waals surface area contributed by atoms with Gasteiger partial charge in [-0.2, -0.15) is 0 Å². The Morgan fingerprint density at radius 1 is 0.481 bits per heavy atom. The Labute approximate surface area is 445 Å². The van der Waals surface area contributed by atoms with Gasteiger partial charge in [0.05, 0.1) is 14.2 Å². The molecular weight excluding hydrogens is 995 g/mol. The van der Waals surface area contributed by atoms with Crippen molar-refractivity contribution < 1.29 is 43.0 Å². The first kappa shape index (κ1) is 60.5. The molecule has 416 valence electrons. The number of hydrogen-bond donors (Lipinski definition) is 14. The van der Waals surface area contributed by atoms with Gasteiger partial charge < -0.3 is 86.5 Å². The number of guanidine groups is 3. The monoisotopic (exact) mass is 1070 g/mol. The van der Waals surface area contributed by atoms with E-state index >= 15 is 0 Å². The number of H-pyrrole nitrogens is 1. The van der Waals surface area contributed by atoms with Gasteiger partial charge in [0.25, 0.3) is 0 Å². The van der Waals surface area contributed by atoms with Crippen molar-refractivity contribution in [3.05, 3.63) is 95.7 Å². The maximum atomic E-state index is 14.8. The van der Waals surface area contributed by atoms with Crippen LogP contribution in [-0.2, 0) is 52.8 Å². The van der Waals surface area contributed by atoms with Crippen LogP contribution in [0.25, 0.3) is 10.9 Å². The molecule has 0 unspecified atom stereocenters. The Hall–Kier alpha value is -9.10. The first-order valence-electron chi connectivity index (χ1n) is 24.8. The van der Waals surface area contributed by atoms with Crippen LogP contribution in [0.4, 0.5) is 0 Å². The van der Waals surface area contributed by atoms with Crippen molar-refractivity contribution in [2.45, 2.75) is 101 Å². The van der Waals surface area contributed by atoms with E-state index in [1.807, 2.05) is 24.3 Å². The normalized spacial score (nSPS) is 13.1. The van der Waals surface area contributed by atoms with Crippen LogP contribution in [0.5, 0.6) is 11.5 Å². The average Bonchev–Trinajstić information content (AvgIpc) is 3.81. The van der Waals surface area contributed by atoms with Gasteiger partial charge in [-0.05, 0) is 85.5 Å². The zero-order chi connectivity index (χ0) is 56.4. The lowest BCUT2D eigenvalue weighted by Crippen LogP contribution is -2.60. The number of primary amides is 1. The summed E-state index contributed by atoms with van der Waals surface area (Å²) in [6.07, 6.45) is 2.22. The summed E-state index contributed by atoms with van der Waals surface area (Å²) in [4.78, 5) is 112. The predicted octanol–water partition coefficient (Wildman–Crippen LogP) is -2.21. The molecule has 0 aliphatic carbocycles. The predicted molar refractivity (Wildman–Crippen MR) is 292 cm³/mol. The largest absolute Gasteiger partial charge is 0.497 e. The molecule has 26 nitrogen and oxygen atoms in total. The van der Waals surface area contributed by atoms with Crippen molar-refractivity contribution in [2.75, 3.05) is 33.9 Å². The summed E-state index contributed by atoms with van der Waals surface area (Å²) in [5.74, 6) is -4.69. The second kappa shape index (κ2) is 30.9. The van der Waals surface area contributed by atoms with Gasteiger partial charge >= 0.3 is 0 Å². The number of aliphatic imine (C=N–C) groups is 3. The molecule has 4 aromatic rings. The standard InChI is InChI=1S/C51H73N17O9/c1-29(69)63-38(12-7-23-60-50(55)56)44(71)66-41(26-31-16-20-34(77-3)21-17-31)47(74)67-40(25-30-14-18-33(76-2)19-15-30)46(73)65-39(13-8-24-61-51(57)58)45(72)68-42(27-32-28-62-36-10-5-4-9-35(32)36)48(75)64-37(43(52)70)11-6-22-59-49(53)54/h4-5,9-10,14-21,28,37-42,62H,6-8,11-13,22-27H2,1-3H3,(H2,52,70)(H,63,69)(H,64,75)(H,65,73)(H,66,71)(H,67,74)(H,68,72)(H4,53,54,59)(H4,55,56,60)(H4,57,58,61)/t37-,38-,39-,40-,41-,42-/m0/s1. The number of methoxy groups -OCH3 is 2. The van der Waals surface area contributed by atoms with E-state index < -0.39 is 77.6 Å². The molecule has 0 radical (unpaired) electrons. The fraction of sp³-hybridized carbons (Fsp3) is 0.412. The minimum atomic E-state index is -1.41. The number of fused-ring (bicyclic) bond motifs is 1. The van der Waals surface area contributed by atoms with Crippen LogP contribution in [0.3, 0.4) is 0 Å². The molecule has 21 N–H and O–H groups in total. The fourth-order valence-corrected chi connectivity index (χ4v) is 8.08. The molecule has 0 bridgehead atoms. The molecule has 0 aliphatic heterocycles. The lowest BCUT2D eigenvalue weighted by molar-refractivity contribution is -0.135. The number of amides is 7. The number of carbonyl (C=O) groups is 7. The van der Waals surface area contributed by atoms with E-state index in [4.69, 9.17) is 49.6 Å². The minimum Gasteiger partial charge on any atom is -0.497 e. The third-order valence-corrected chi connectivity index (χ3v) is 12.0. The van der Waals surface area contributed by atoms with Crippen molar-refractivity contribution in [1.82, 2.24) is 36.9 Å². The summed E-state index contributed by atoms with van der Waals surface area (Å²) >= 11 is 0. The van der Waals surface area contributed by atoms with Crippen LogP contribution in [0.1, 0.15) is 62.1 Å². The van der Waals surface area contributed by atoms with E-state index in [2.05, 4.69) is 51.9 Å². The Morgan fingerprint density at radius 3 is 1.25 bits per heavy atom. The van der Waals surface area contributed by atoms with Gasteiger partial charge in [0.15, 0.2) is 17.9 Å². The molecule has 77 heavy (non-hydrogen) atoms. The third kappa shape index (κ3) is 21.0. The molecule has 7 amide bonds. The van der Waals surface area contributed by atoms with Crippen LogP contribution in [0.15, 0.2) is 94.0 Å². The first-order valence-corrected chi connectivity index (χ1v) is 24.8. The summed E-state index contributed by atoms with van der Waals surface area (Å²) in [5.41, 5.74) is 41.4. The number of nitrogens with two attached hydrogens (primary N) is 7. The van der Waals surface area contributed by atoms with Gasteiger partial charge in [-0.15, -0.1) is 0 Å². The number of para-hydroxylation sites is 1. The molecule has 4 rings (SSSR count). The van der Waals surface area contributed by atoms with Crippen molar-refractivity contribution >= 4 is 70.1 Å². The summed E-state index contributed by atoms with van der Waals surface area (Å²) in [5, 5.41) is 17.2. The Morgan fingerprint density at radius 2 is 0.844 bits per heavy atom. The molecule has 26 heteroatoms. The highest BCUT2D eigenvalue weighted by molar-refractivity contribution is 5.97. The SMILES string of the molecule is COc1ccc(C[C@H](NC(=O)[C@H](CCCN=C(N)N)NC(C)=O)C(=O)N[C@@H](Cc2ccc(OC)cc2)C(=O)N[C@@H](CCCN=C(N)N)C(=O)N[C@@H](Cc2c[nH]c3ccccc23)C(=O)N[C@@H](CCCN=C(N)N)C(N)=O)cc1. The topological polar surface area (TPSA) is 445 Å². The second-order valence-corrected chi connectivity index (χ2v) is 18.0. The molecule has 0 saturated heterocycles. The average molecular weight is 1070 g/mol. The van der Waals surface area contributed by atoms with E-state index in [-0.39, 0.29) is 88.9 Å². The molecule has 0 saturated carbocycles. The van der Waals surface area contributed by atoms with Crippen molar-refractivity contribution in [3.8, 4) is 11.5 Å². The molecular formula is C51H73N17O9. The van der Waals surface area contributed by atoms with Gasteiger partial charge in [0.1, 0.15) is 47.8 Å². The highest BCUT2D eigenvalue weighted by Crippen LogP contribution is 2.20. The van der Waals surface area contributed by atoms with Gasteiger partial charge in [-0.1, -0.05) is 42.5 Å². The third-order valence-electron chi connectivity index (χ3n) is 12.0. The van der Waals surface area contributed by atoms with Crippen LogP contribution < -0.4 is 81.5 Å². The highest BCUT2D eigenvalue weighted by Gasteiger charge is 2.34. The minimum absolute atomic E-state index is 0.0495. The van der Waals surface area contributed by atoms with Crippen LogP contribution in [0, 0.1) is 0 Å². The molecule has 0 fully saturated rings. The number of aromatic amines is 1. The number of carbonyl (C=O) groups excluding carboxylic acids is 7. The number of hydrogen-bond acceptors (Lipinski definition) is 12. The molecule has 1 heterocycles. The zero-order valence-corrected chi connectivity index (χ0v) is 43.5. The van der Waals surface area contributed by atoms with Crippen LogP contribution in [0.2, 0.25) is 0 Å². The second-order valence-electron chi connectivity index (χ2n) is 18.0. The fourth-order valence-electron chi connectivity index (χ4n) is 8.08. The highest BCUT2D eigenvalue weighted by atomic mass is 16.5. The van der Waals surface area contributed by atoms with Gasteiger partial charge in [-0.25, -0.2) is 0 Å². The van der Waals surface area contributed by atoms with Crippen LogP contribution in [-0.4, -0.2) is 134 Å². The van der Waals surface area contributed by atoms with E-state index in [1.165, 1.54) is 21.1 Å². The number of ether oxygens (including phenoxy) is 2. The lowest BCUT2D eigenvalue weighted by atomic mass is 10.0. The Kier molecular flexibility index (Phi) is 24.3. The van der Waals surface area contributed by atoms with Crippen LogP contribution >= 0.6 is 0 Å². The first-order chi connectivity index (χ1) is 36.8. The van der Waals surface area contributed by atoms with Gasteiger partial charge in [0.2, 0.25) is 41.4 Å². The van der Waals surface area contributed by atoms with Crippen molar-refractivity contribution in [2.24, 2.45) is 55.1 Å². The number of rotatable bonds is 32. The summed E-state index contributed by atoms with van der Waals surface area (Å²) in [6, 6.07) is 13.0. The number of benzene rings is 3. The number of aromatic nitrogens is 1. The maximum absolute atomic E-state index is 14.8. The summed E-state index contributed by atoms with van der Waals surface area (Å²) < 4.78 is 10.7. The smallest absolute Gasteiger partial charge is 0.243 e. The van der Waals surface area contributed by atoms with E-state index in [0.717, 1.165) is 10.9 Å². The van der Waals surface area contributed by atoms with E-state index in [9.17, 15) is 33.6 Å². The molecule has 0 aliphatic rings. The molecule has 1 aromatic heterocycles. The molecule has 0 spiro atoms. The molecule has 6 atom stereocenters. The quantitative estimate of drug-likeness (QED) is 0.0140. The lowest BCUT2D eigenvalue weighted by Gasteiger charge is -2.28. The number of nitrogens with zero attached hydrogens (tertiary/aromatic N) is 3. The summed E-state index contributed by atoms with van der Waals surface area (Å²) in [6.45, 7) is 1.60. The summed E-state index contributed by atoms with van der Waals surface area (Å²) in [7, 11) is 2.99. The molecule has 3 aromatic carbocycles. The zero-order valence-electron chi connectivity index (χ0n) is 43.5. The van der Waals surface area contributed by atoms with Gasteiger partial charge in [0, 0.05) is 62.9 Å². The van der Waals surface area contributed by atoms with Crippen molar-refractivity contribution in [3.63, 3.8) is 0 Å². The number of nitrogens with one attached hydrogen (secondary N) is 7. The Balaban J connectivity index is 1.72. The van der Waals surface area contributed by atoms with E-state index in [0.29, 0.717) is 34.6 Å².